The van der Waals surface area contributed by atoms with Crippen molar-refractivity contribution in [2.75, 3.05) is 24.8 Å². The van der Waals surface area contributed by atoms with Crippen LogP contribution in [0.25, 0.3) is 10.9 Å². The number of hydrogen-bond donors (Lipinski definition) is 1. The molecule has 0 unspecified atom stereocenters. The molecule has 7 heteroatoms. The van der Waals surface area contributed by atoms with Crippen molar-refractivity contribution in [3.8, 4) is 0 Å². The maximum absolute atomic E-state index is 12.9. The number of benzene rings is 2. The van der Waals surface area contributed by atoms with Crippen LogP contribution in [0.15, 0.2) is 58.5 Å². The molecule has 146 valence electrons. The highest BCUT2D eigenvalue weighted by Crippen LogP contribution is 2.19. The molecule has 0 saturated carbocycles. The number of rotatable bonds is 8. The van der Waals surface area contributed by atoms with Crippen molar-refractivity contribution >= 4 is 34.3 Å². The summed E-state index contributed by atoms with van der Waals surface area (Å²) >= 11 is 1.26. The third kappa shape index (κ3) is 4.99. The predicted molar refractivity (Wildman–Crippen MR) is 113 cm³/mol. The number of anilines is 1. The summed E-state index contributed by atoms with van der Waals surface area (Å²) < 4.78 is 6.73. The van der Waals surface area contributed by atoms with Crippen molar-refractivity contribution in [3.05, 3.63) is 64.4 Å². The van der Waals surface area contributed by atoms with E-state index in [0.29, 0.717) is 35.6 Å². The molecule has 6 nitrogen and oxygen atoms in total. The van der Waals surface area contributed by atoms with Gasteiger partial charge in [0.15, 0.2) is 5.16 Å². The van der Waals surface area contributed by atoms with E-state index in [4.69, 9.17) is 4.74 Å². The van der Waals surface area contributed by atoms with E-state index in [1.54, 1.807) is 17.7 Å². The summed E-state index contributed by atoms with van der Waals surface area (Å²) in [6.07, 6.45) is 0.694. The van der Waals surface area contributed by atoms with E-state index in [1.165, 1.54) is 11.8 Å². The Morgan fingerprint density at radius 3 is 2.82 bits per heavy atom. The summed E-state index contributed by atoms with van der Waals surface area (Å²) in [4.78, 5) is 29.8. The number of fused-ring (bicyclic) bond motifs is 1. The van der Waals surface area contributed by atoms with Gasteiger partial charge in [-0.2, -0.15) is 0 Å². The van der Waals surface area contributed by atoms with Gasteiger partial charge in [-0.15, -0.1) is 0 Å². The number of ether oxygens (including phenoxy) is 1. The summed E-state index contributed by atoms with van der Waals surface area (Å²) in [5.74, 6) is 0.0321. The summed E-state index contributed by atoms with van der Waals surface area (Å²) in [6.45, 7) is 3.02. The van der Waals surface area contributed by atoms with Gasteiger partial charge in [0, 0.05) is 25.9 Å². The number of para-hydroxylation sites is 1. The van der Waals surface area contributed by atoms with Crippen LogP contribution in [0.4, 0.5) is 5.69 Å². The fourth-order valence-electron chi connectivity index (χ4n) is 2.87. The summed E-state index contributed by atoms with van der Waals surface area (Å²) in [7, 11) is 1.63. The number of methoxy groups -OCH3 is 1. The topological polar surface area (TPSA) is 73.2 Å². The van der Waals surface area contributed by atoms with Crippen molar-refractivity contribution < 1.29 is 9.53 Å². The lowest BCUT2D eigenvalue weighted by atomic mass is 10.2. The number of carbonyl (C=O) groups is 1. The molecule has 0 spiro atoms. The molecule has 0 aliphatic rings. The molecule has 3 rings (SSSR count). The highest BCUT2D eigenvalue weighted by Gasteiger charge is 2.13. The summed E-state index contributed by atoms with van der Waals surface area (Å²) in [5, 5.41) is 4.00. The molecule has 2 aromatic carbocycles. The van der Waals surface area contributed by atoms with Crippen LogP contribution in [-0.4, -0.2) is 34.9 Å². The lowest BCUT2D eigenvalue weighted by Crippen LogP contribution is -2.25. The van der Waals surface area contributed by atoms with Crippen LogP contribution in [-0.2, 0) is 16.1 Å². The largest absolute Gasteiger partial charge is 0.385 e. The van der Waals surface area contributed by atoms with Crippen molar-refractivity contribution in [1.82, 2.24) is 9.55 Å². The van der Waals surface area contributed by atoms with Crippen LogP contribution in [0.5, 0.6) is 0 Å². The molecular weight excluding hydrogens is 374 g/mol. The minimum atomic E-state index is -0.138. The molecule has 3 aromatic rings. The van der Waals surface area contributed by atoms with Gasteiger partial charge in [0.05, 0.1) is 16.7 Å². The predicted octanol–water partition coefficient (Wildman–Crippen LogP) is 3.47. The fourth-order valence-corrected chi connectivity index (χ4v) is 3.70. The Morgan fingerprint density at radius 1 is 1.21 bits per heavy atom. The molecule has 0 saturated heterocycles. The highest BCUT2D eigenvalue weighted by atomic mass is 32.2. The lowest BCUT2D eigenvalue weighted by Gasteiger charge is -2.13. The minimum absolute atomic E-state index is 0.0942. The SMILES string of the molecule is COCCCn1c(SCC(=O)Nc2cccc(C)c2)nc2ccccc2c1=O. The minimum Gasteiger partial charge on any atom is -0.385 e. The number of aromatic nitrogens is 2. The Hall–Kier alpha value is -2.64. The first kappa shape index (κ1) is 20.1. The number of nitrogens with one attached hydrogen (secondary N) is 1. The average molecular weight is 398 g/mol. The molecule has 0 radical (unpaired) electrons. The quantitative estimate of drug-likeness (QED) is 0.358. The van der Waals surface area contributed by atoms with Gasteiger partial charge in [-0.05, 0) is 43.2 Å². The normalized spacial score (nSPS) is 10.9. The first-order chi connectivity index (χ1) is 13.6. The maximum Gasteiger partial charge on any atom is 0.262 e. The van der Waals surface area contributed by atoms with E-state index < -0.39 is 0 Å². The standard InChI is InChI=1S/C21H23N3O3S/c1-15-7-5-8-16(13-15)22-19(25)14-28-21-23-18-10-4-3-9-17(18)20(26)24(21)11-6-12-27-2/h3-5,7-10,13H,6,11-12,14H2,1-2H3,(H,22,25). The van der Waals surface area contributed by atoms with Crippen molar-refractivity contribution in [3.63, 3.8) is 0 Å². The van der Waals surface area contributed by atoms with Crippen LogP contribution in [0, 0.1) is 6.92 Å². The fraction of sp³-hybridized carbons (Fsp3) is 0.286. The van der Waals surface area contributed by atoms with E-state index in [2.05, 4.69) is 10.3 Å². The number of carbonyl (C=O) groups excluding carboxylic acids is 1. The average Bonchev–Trinajstić information content (AvgIpc) is 2.68. The van der Waals surface area contributed by atoms with E-state index in [0.717, 1.165) is 11.3 Å². The molecule has 1 aromatic heterocycles. The molecule has 28 heavy (non-hydrogen) atoms. The maximum atomic E-state index is 12.9. The molecule has 0 atom stereocenters. The van der Waals surface area contributed by atoms with Crippen molar-refractivity contribution in [1.29, 1.82) is 0 Å². The Labute approximate surface area is 167 Å². The molecule has 0 aliphatic carbocycles. The highest BCUT2D eigenvalue weighted by molar-refractivity contribution is 7.99. The Bertz CT molecular complexity index is 1030. The van der Waals surface area contributed by atoms with Crippen LogP contribution >= 0.6 is 11.8 Å². The van der Waals surface area contributed by atoms with Gasteiger partial charge in [-0.1, -0.05) is 36.0 Å². The lowest BCUT2D eigenvalue weighted by molar-refractivity contribution is -0.113. The second-order valence-electron chi connectivity index (χ2n) is 6.42. The molecule has 1 heterocycles. The third-order valence-electron chi connectivity index (χ3n) is 4.19. The smallest absolute Gasteiger partial charge is 0.262 e. The van der Waals surface area contributed by atoms with Crippen LogP contribution in [0.1, 0.15) is 12.0 Å². The van der Waals surface area contributed by atoms with Crippen LogP contribution in [0.2, 0.25) is 0 Å². The van der Waals surface area contributed by atoms with E-state index in [1.807, 2.05) is 49.4 Å². The second kappa shape index (κ2) is 9.52. The summed E-state index contributed by atoms with van der Waals surface area (Å²) in [6, 6.07) is 14.9. The number of hydrogen-bond acceptors (Lipinski definition) is 5. The molecule has 0 aliphatic heterocycles. The Kier molecular flexibility index (Phi) is 6.84. The first-order valence-corrected chi connectivity index (χ1v) is 10.0. The number of amides is 1. The molecule has 1 amide bonds. The summed E-state index contributed by atoms with van der Waals surface area (Å²) in [5.41, 5.74) is 2.38. The Balaban J connectivity index is 1.79. The van der Waals surface area contributed by atoms with E-state index >= 15 is 0 Å². The number of aryl methyl sites for hydroxylation is 1. The van der Waals surface area contributed by atoms with Crippen LogP contribution < -0.4 is 10.9 Å². The monoisotopic (exact) mass is 397 g/mol. The third-order valence-corrected chi connectivity index (χ3v) is 5.17. The molecule has 0 fully saturated rings. The van der Waals surface area contributed by atoms with Gasteiger partial charge < -0.3 is 10.1 Å². The zero-order valence-corrected chi connectivity index (χ0v) is 16.8. The van der Waals surface area contributed by atoms with Crippen molar-refractivity contribution in [2.45, 2.75) is 25.0 Å². The van der Waals surface area contributed by atoms with Crippen molar-refractivity contribution in [2.24, 2.45) is 0 Å². The van der Waals surface area contributed by atoms with Gasteiger partial charge in [0.1, 0.15) is 0 Å². The van der Waals surface area contributed by atoms with Gasteiger partial charge >= 0.3 is 0 Å². The van der Waals surface area contributed by atoms with Crippen LogP contribution in [0.3, 0.4) is 0 Å². The first-order valence-electron chi connectivity index (χ1n) is 9.06. The van der Waals surface area contributed by atoms with E-state index in [9.17, 15) is 9.59 Å². The Morgan fingerprint density at radius 2 is 2.04 bits per heavy atom. The zero-order chi connectivity index (χ0) is 19.9. The van der Waals surface area contributed by atoms with E-state index in [-0.39, 0.29) is 17.2 Å². The second-order valence-corrected chi connectivity index (χ2v) is 7.36. The molecule has 0 bridgehead atoms. The van der Waals surface area contributed by atoms with Gasteiger partial charge in [-0.3, -0.25) is 14.2 Å². The molecular formula is C21H23N3O3S. The molecule has 1 N–H and O–H groups in total. The van der Waals surface area contributed by atoms with Gasteiger partial charge in [-0.25, -0.2) is 4.98 Å². The number of thioether (sulfide) groups is 1. The van der Waals surface area contributed by atoms with Gasteiger partial charge in [0.25, 0.3) is 5.56 Å². The number of nitrogens with zero attached hydrogens (tertiary/aromatic N) is 2. The van der Waals surface area contributed by atoms with Gasteiger partial charge in [0.2, 0.25) is 5.91 Å². The zero-order valence-electron chi connectivity index (χ0n) is 16.0.